The molecular formula is C16H14ClF3O. The maximum absolute atomic E-state index is 12.6. The van der Waals surface area contributed by atoms with Crippen LogP contribution in [0, 0.1) is 6.92 Å². The molecular weight excluding hydrogens is 301 g/mol. The van der Waals surface area contributed by atoms with Crippen LogP contribution in [-0.2, 0) is 6.18 Å². The van der Waals surface area contributed by atoms with Gasteiger partial charge in [0.1, 0.15) is 5.75 Å². The smallest absolute Gasteiger partial charge is 0.416 e. The van der Waals surface area contributed by atoms with Crippen molar-refractivity contribution in [2.75, 3.05) is 7.11 Å². The summed E-state index contributed by atoms with van der Waals surface area (Å²) in [7, 11) is 1.53. The van der Waals surface area contributed by atoms with Gasteiger partial charge in [-0.1, -0.05) is 29.8 Å². The molecule has 0 N–H and O–H groups in total. The second kappa shape index (κ2) is 5.98. The fourth-order valence-corrected chi connectivity index (χ4v) is 2.39. The lowest BCUT2D eigenvalue weighted by Gasteiger charge is -2.16. The van der Waals surface area contributed by atoms with Gasteiger partial charge in [-0.2, -0.15) is 13.2 Å². The highest BCUT2D eigenvalue weighted by Crippen LogP contribution is 2.37. The van der Waals surface area contributed by atoms with Gasteiger partial charge in [0, 0.05) is 5.56 Å². The highest BCUT2D eigenvalue weighted by molar-refractivity contribution is 6.22. The number of halogens is 4. The average Bonchev–Trinajstić information content (AvgIpc) is 2.45. The van der Waals surface area contributed by atoms with Crippen LogP contribution in [0.25, 0.3) is 0 Å². The molecule has 21 heavy (non-hydrogen) atoms. The molecule has 0 aliphatic heterocycles. The number of ether oxygens (including phenoxy) is 1. The van der Waals surface area contributed by atoms with Gasteiger partial charge >= 0.3 is 6.18 Å². The summed E-state index contributed by atoms with van der Waals surface area (Å²) in [5.74, 6) is 0.612. The number of hydrogen-bond donors (Lipinski definition) is 0. The molecule has 5 heteroatoms. The molecule has 112 valence electrons. The van der Waals surface area contributed by atoms with E-state index in [1.807, 2.05) is 19.1 Å². The highest BCUT2D eigenvalue weighted by Gasteiger charge is 2.30. The largest absolute Gasteiger partial charge is 0.496 e. The summed E-state index contributed by atoms with van der Waals surface area (Å²) in [5, 5.41) is -0.567. The molecule has 1 nitrogen and oxygen atoms in total. The van der Waals surface area contributed by atoms with E-state index in [2.05, 4.69) is 0 Å². The first-order valence-electron chi connectivity index (χ1n) is 6.28. The molecule has 2 aromatic carbocycles. The first-order chi connectivity index (χ1) is 9.82. The fraction of sp³-hybridized carbons (Fsp3) is 0.250. The number of benzene rings is 2. The molecule has 1 atom stereocenters. The zero-order chi connectivity index (χ0) is 15.6. The molecule has 0 saturated carbocycles. The van der Waals surface area contributed by atoms with Crippen molar-refractivity contribution in [2.45, 2.75) is 18.5 Å². The van der Waals surface area contributed by atoms with Gasteiger partial charge in [-0.3, -0.25) is 0 Å². The number of methoxy groups -OCH3 is 1. The van der Waals surface area contributed by atoms with E-state index in [9.17, 15) is 13.2 Å². The molecule has 2 aromatic rings. The minimum Gasteiger partial charge on any atom is -0.496 e. The quantitative estimate of drug-likeness (QED) is 0.694. The molecule has 0 amide bonds. The van der Waals surface area contributed by atoms with E-state index < -0.39 is 17.1 Å². The van der Waals surface area contributed by atoms with Crippen LogP contribution < -0.4 is 4.74 Å². The van der Waals surface area contributed by atoms with Crippen molar-refractivity contribution in [3.8, 4) is 5.75 Å². The predicted octanol–water partition coefficient (Wildman–Crippen LogP) is 5.35. The zero-order valence-corrected chi connectivity index (χ0v) is 12.3. The zero-order valence-electron chi connectivity index (χ0n) is 11.5. The first-order valence-corrected chi connectivity index (χ1v) is 6.72. The highest BCUT2D eigenvalue weighted by atomic mass is 35.5. The van der Waals surface area contributed by atoms with Crippen LogP contribution in [-0.4, -0.2) is 7.11 Å². The molecule has 0 radical (unpaired) electrons. The summed E-state index contributed by atoms with van der Waals surface area (Å²) in [5.41, 5.74) is 1.64. The lowest BCUT2D eigenvalue weighted by atomic mass is 10.0. The van der Waals surface area contributed by atoms with Crippen molar-refractivity contribution in [2.24, 2.45) is 0 Å². The van der Waals surface area contributed by atoms with Gasteiger partial charge in [0.25, 0.3) is 0 Å². The Morgan fingerprint density at radius 1 is 1.05 bits per heavy atom. The lowest BCUT2D eigenvalue weighted by Crippen LogP contribution is -2.05. The van der Waals surface area contributed by atoms with Crippen LogP contribution in [0.2, 0.25) is 0 Å². The van der Waals surface area contributed by atoms with Crippen LogP contribution in [0.4, 0.5) is 13.2 Å². The third kappa shape index (κ3) is 3.50. The number of alkyl halides is 4. The number of hydrogen-bond acceptors (Lipinski definition) is 1. The minimum absolute atomic E-state index is 0.567. The van der Waals surface area contributed by atoms with E-state index in [-0.39, 0.29) is 0 Å². The molecule has 0 heterocycles. The number of rotatable bonds is 3. The standard InChI is InChI=1S/C16H14ClF3O/c1-10-3-8-14(21-2)13(9-10)15(17)11-4-6-12(7-5-11)16(18,19)20/h3-9,15H,1-2H3. The Balaban J connectivity index is 2.36. The third-order valence-electron chi connectivity index (χ3n) is 3.19. The monoisotopic (exact) mass is 314 g/mol. The van der Waals surface area contributed by atoms with Crippen molar-refractivity contribution in [3.63, 3.8) is 0 Å². The minimum atomic E-state index is -4.35. The molecule has 2 rings (SSSR count). The van der Waals surface area contributed by atoms with E-state index in [0.717, 1.165) is 23.3 Å². The normalized spacial score (nSPS) is 13.0. The van der Waals surface area contributed by atoms with Crippen molar-refractivity contribution < 1.29 is 17.9 Å². The van der Waals surface area contributed by atoms with Crippen molar-refractivity contribution in [1.29, 1.82) is 0 Å². The Morgan fingerprint density at radius 2 is 1.67 bits per heavy atom. The van der Waals surface area contributed by atoms with Crippen LogP contribution in [0.15, 0.2) is 42.5 Å². The van der Waals surface area contributed by atoms with Crippen LogP contribution in [0.5, 0.6) is 5.75 Å². The lowest BCUT2D eigenvalue weighted by molar-refractivity contribution is -0.137. The summed E-state index contributed by atoms with van der Waals surface area (Å²) in [4.78, 5) is 0. The van der Waals surface area contributed by atoms with Gasteiger partial charge < -0.3 is 4.74 Å². The van der Waals surface area contributed by atoms with E-state index in [1.54, 1.807) is 6.07 Å². The van der Waals surface area contributed by atoms with Crippen molar-refractivity contribution in [3.05, 3.63) is 64.7 Å². The average molecular weight is 315 g/mol. The third-order valence-corrected chi connectivity index (χ3v) is 3.68. The van der Waals surface area contributed by atoms with Gasteiger partial charge in [0.15, 0.2) is 0 Å². The molecule has 0 aromatic heterocycles. The van der Waals surface area contributed by atoms with Crippen LogP contribution in [0.3, 0.4) is 0 Å². The Hall–Kier alpha value is -1.68. The van der Waals surface area contributed by atoms with Gasteiger partial charge in [0.2, 0.25) is 0 Å². The second-order valence-corrected chi connectivity index (χ2v) is 5.16. The van der Waals surface area contributed by atoms with Gasteiger partial charge in [-0.05, 0) is 30.7 Å². The SMILES string of the molecule is COc1ccc(C)cc1C(Cl)c1ccc(C(F)(F)F)cc1. The van der Waals surface area contributed by atoms with Gasteiger partial charge in [0.05, 0.1) is 18.1 Å². The topological polar surface area (TPSA) is 9.23 Å². The Morgan fingerprint density at radius 3 is 2.19 bits per heavy atom. The Kier molecular flexibility index (Phi) is 4.47. The summed E-state index contributed by atoms with van der Waals surface area (Å²) in [6, 6.07) is 10.4. The summed E-state index contributed by atoms with van der Waals surface area (Å²) >= 11 is 6.39. The molecule has 0 bridgehead atoms. The molecule has 0 spiro atoms. The molecule has 0 aliphatic carbocycles. The van der Waals surface area contributed by atoms with Gasteiger partial charge in [-0.15, -0.1) is 11.6 Å². The molecule has 1 unspecified atom stereocenters. The van der Waals surface area contributed by atoms with E-state index >= 15 is 0 Å². The van der Waals surface area contributed by atoms with Crippen molar-refractivity contribution >= 4 is 11.6 Å². The molecule has 0 saturated heterocycles. The van der Waals surface area contributed by atoms with Gasteiger partial charge in [-0.25, -0.2) is 0 Å². The predicted molar refractivity (Wildman–Crippen MR) is 76.9 cm³/mol. The Bertz CT molecular complexity index is 620. The number of aryl methyl sites for hydroxylation is 1. The Labute approximate surface area is 126 Å². The molecule has 0 aliphatic rings. The van der Waals surface area contributed by atoms with E-state index in [4.69, 9.17) is 16.3 Å². The first kappa shape index (κ1) is 15.7. The summed E-state index contributed by atoms with van der Waals surface area (Å²) in [6.45, 7) is 1.92. The van der Waals surface area contributed by atoms with Crippen LogP contribution >= 0.6 is 11.6 Å². The summed E-state index contributed by atoms with van der Waals surface area (Å²) < 4.78 is 42.9. The fourth-order valence-electron chi connectivity index (χ4n) is 2.07. The second-order valence-electron chi connectivity index (χ2n) is 4.73. The van der Waals surface area contributed by atoms with E-state index in [0.29, 0.717) is 11.3 Å². The van der Waals surface area contributed by atoms with E-state index in [1.165, 1.54) is 19.2 Å². The summed E-state index contributed by atoms with van der Waals surface area (Å²) in [6.07, 6.45) is -4.35. The maximum atomic E-state index is 12.6. The van der Waals surface area contributed by atoms with Crippen molar-refractivity contribution in [1.82, 2.24) is 0 Å². The van der Waals surface area contributed by atoms with Crippen LogP contribution in [0.1, 0.15) is 27.6 Å². The maximum Gasteiger partial charge on any atom is 0.416 e. The molecule has 0 fully saturated rings.